The van der Waals surface area contributed by atoms with Gasteiger partial charge in [0.1, 0.15) is 0 Å². The third-order valence-corrected chi connectivity index (χ3v) is 9.53. The molecule has 30 heavy (non-hydrogen) atoms. The third-order valence-electron chi connectivity index (χ3n) is 6.30. The highest BCUT2D eigenvalue weighted by atomic mass is 32.2. The van der Waals surface area contributed by atoms with Crippen LogP contribution < -0.4 is 5.32 Å². The predicted molar refractivity (Wildman–Crippen MR) is 122 cm³/mol. The molecule has 1 aromatic carbocycles. The van der Waals surface area contributed by atoms with Gasteiger partial charge in [-0.15, -0.1) is 0 Å². The van der Waals surface area contributed by atoms with Crippen LogP contribution >= 0.6 is 11.3 Å². The molecule has 1 aliphatic heterocycles. The molecular weight excluding hydrogens is 418 g/mol. The summed E-state index contributed by atoms with van der Waals surface area (Å²) >= 11 is 1.60. The first-order valence-electron chi connectivity index (χ1n) is 10.9. The second-order valence-corrected chi connectivity index (χ2v) is 11.3. The van der Waals surface area contributed by atoms with Crippen molar-refractivity contribution in [3.05, 3.63) is 29.5 Å². The van der Waals surface area contributed by atoms with Gasteiger partial charge < -0.3 is 10.4 Å². The zero-order valence-electron chi connectivity index (χ0n) is 17.7. The lowest BCUT2D eigenvalue weighted by Gasteiger charge is -2.23. The van der Waals surface area contributed by atoms with Crippen molar-refractivity contribution >= 4 is 26.5 Å². The molecule has 2 N–H and O–H groups in total. The van der Waals surface area contributed by atoms with Gasteiger partial charge in [-0.2, -0.15) is 4.31 Å². The quantitative estimate of drug-likeness (QED) is 0.686. The van der Waals surface area contributed by atoms with E-state index in [-0.39, 0.29) is 12.6 Å². The van der Waals surface area contributed by atoms with Crippen molar-refractivity contribution in [1.29, 1.82) is 0 Å². The number of hydrogen-bond acceptors (Lipinski definition) is 6. The van der Waals surface area contributed by atoms with Crippen molar-refractivity contribution in [2.75, 3.05) is 18.5 Å². The molecule has 0 spiro atoms. The number of sulfonamides is 1. The topological polar surface area (TPSA) is 82.5 Å². The first kappa shape index (κ1) is 21.7. The Hall–Kier alpha value is -1.48. The minimum Gasteiger partial charge on any atom is -0.395 e. The molecule has 2 heterocycles. The van der Waals surface area contributed by atoms with Crippen molar-refractivity contribution in [2.24, 2.45) is 0 Å². The monoisotopic (exact) mass is 449 g/mol. The second kappa shape index (κ2) is 8.94. The molecule has 2 aliphatic rings. The lowest BCUT2D eigenvalue weighted by molar-refractivity contribution is 0.213. The molecular formula is C22H31N3O3S2. The number of nitrogens with zero attached hydrogens (tertiary/aromatic N) is 2. The van der Waals surface area contributed by atoms with E-state index in [1.54, 1.807) is 17.4 Å². The molecule has 1 saturated heterocycles. The second-order valence-electron chi connectivity index (χ2n) is 8.49. The highest BCUT2D eigenvalue weighted by Crippen LogP contribution is 2.37. The maximum absolute atomic E-state index is 13.4. The zero-order chi connectivity index (χ0) is 21.3. The van der Waals surface area contributed by atoms with Crippen LogP contribution in [-0.4, -0.2) is 48.0 Å². The number of aromatic nitrogens is 1. The zero-order valence-corrected chi connectivity index (χ0v) is 19.4. The van der Waals surface area contributed by atoms with Crippen molar-refractivity contribution in [2.45, 2.75) is 75.8 Å². The fourth-order valence-electron chi connectivity index (χ4n) is 4.60. The van der Waals surface area contributed by atoms with Gasteiger partial charge >= 0.3 is 0 Å². The summed E-state index contributed by atoms with van der Waals surface area (Å²) < 4.78 is 28.2. The van der Waals surface area contributed by atoms with Gasteiger partial charge in [-0.1, -0.05) is 42.7 Å². The molecule has 0 unspecified atom stereocenters. The van der Waals surface area contributed by atoms with E-state index < -0.39 is 10.0 Å². The summed E-state index contributed by atoms with van der Waals surface area (Å²) in [4.78, 5) is 6.05. The smallest absolute Gasteiger partial charge is 0.243 e. The van der Waals surface area contributed by atoms with Gasteiger partial charge in [0, 0.05) is 18.6 Å². The Morgan fingerprint density at radius 1 is 1.17 bits per heavy atom. The largest absolute Gasteiger partial charge is 0.395 e. The summed E-state index contributed by atoms with van der Waals surface area (Å²) in [7, 11) is -3.65. The molecule has 2 fully saturated rings. The average Bonchev–Trinajstić information content (AvgIpc) is 3.36. The highest BCUT2D eigenvalue weighted by molar-refractivity contribution is 7.89. The highest BCUT2D eigenvalue weighted by Gasteiger charge is 2.35. The third kappa shape index (κ3) is 4.28. The van der Waals surface area contributed by atoms with E-state index in [1.807, 2.05) is 26.0 Å². The van der Waals surface area contributed by atoms with Gasteiger partial charge in [0.25, 0.3) is 0 Å². The Labute approximate surface area is 183 Å². The molecule has 4 rings (SSSR count). The summed E-state index contributed by atoms with van der Waals surface area (Å²) in [6.07, 6.45) is 7.70. The van der Waals surface area contributed by atoms with Crippen LogP contribution in [0.5, 0.6) is 0 Å². The molecule has 0 amide bonds. The van der Waals surface area contributed by atoms with Crippen LogP contribution in [0.15, 0.2) is 23.1 Å². The van der Waals surface area contributed by atoms with Crippen LogP contribution in [0.25, 0.3) is 10.4 Å². The van der Waals surface area contributed by atoms with Gasteiger partial charge in [-0.25, -0.2) is 13.4 Å². The van der Waals surface area contributed by atoms with E-state index in [0.717, 1.165) is 33.3 Å². The fraction of sp³-hybridized carbons (Fsp3) is 0.591. The van der Waals surface area contributed by atoms with Crippen LogP contribution in [0.3, 0.4) is 0 Å². The van der Waals surface area contributed by atoms with E-state index in [1.165, 1.54) is 36.4 Å². The van der Waals surface area contributed by atoms with E-state index >= 15 is 0 Å². The number of aliphatic hydroxyl groups excluding tert-OH is 1. The Balaban J connectivity index is 1.63. The molecule has 8 heteroatoms. The van der Waals surface area contributed by atoms with Crippen molar-refractivity contribution in [3.8, 4) is 10.4 Å². The Morgan fingerprint density at radius 3 is 2.67 bits per heavy atom. The van der Waals surface area contributed by atoms with Crippen LogP contribution in [-0.2, 0) is 10.0 Å². The molecule has 1 saturated carbocycles. The standard InChI is InChI=1S/C22H31N3O3S2/c1-15-10-11-17(13-20(15)30(27,28)25-12-6-9-19(25)14-26)21-16(2)23-22(29-21)24-18-7-4-3-5-8-18/h10-11,13,18-19,26H,3-9,12,14H2,1-2H3,(H,23,24)/t19-/m0/s1. The molecule has 0 radical (unpaired) electrons. The van der Waals surface area contributed by atoms with Crippen LogP contribution in [0.2, 0.25) is 0 Å². The van der Waals surface area contributed by atoms with Gasteiger partial charge in [0.15, 0.2) is 5.13 Å². The summed E-state index contributed by atoms with van der Waals surface area (Å²) in [5, 5.41) is 14.1. The summed E-state index contributed by atoms with van der Waals surface area (Å²) in [5.74, 6) is 0. The number of nitrogens with one attached hydrogen (secondary N) is 1. The molecule has 164 valence electrons. The number of aryl methyl sites for hydroxylation is 2. The lowest BCUT2D eigenvalue weighted by Crippen LogP contribution is -2.37. The minimum absolute atomic E-state index is 0.137. The average molecular weight is 450 g/mol. The molecule has 1 atom stereocenters. The normalized spacial score (nSPS) is 21.2. The fourth-order valence-corrected chi connectivity index (χ4v) is 7.58. The van der Waals surface area contributed by atoms with Crippen molar-refractivity contribution in [3.63, 3.8) is 0 Å². The summed E-state index contributed by atoms with van der Waals surface area (Å²) in [6, 6.07) is 5.79. The number of rotatable bonds is 6. The van der Waals surface area contributed by atoms with E-state index in [0.29, 0.717) is 23.9 Å². The molecule has 1 aliphatic carbocycles. The van der Waals surface area contributed by atoms with Crippen molar-refractivity contribution in [1.82, 2.24) is 9.29 Å². The van der Waals surface area contributed by atoms with Crippen LogP contribution in [0.4, 0.5) is 5.13 Å². The molecule has 6 nitrogen and oxygen atoms in total. The Bertz CT molecular complexity index is 997. The van der Waals surface area contributed by atoms with E-state index in [4.69, 9.17) is 4.98 Å². The van der Waals surface area contributed by atoms with Crippen molar-refractivity contribution < 1.29 is 13.5 Å². The summed E-state index contributed by atoms with van der Waals surface area (Å²) in [6.45, 7) is 4.14. The number of hydrogen-bond donors (Lipinski definition) is 2. The van der Waals surface area contributed by atoms with Gasteiger partial charge in [0.2, 0.25) is 10.0 Å². The first-order valence-corrected chi connectivity index (χ1v) is 13.1. The maximum atomic E-state index is 13.4. The van der Waals surface area contributed by atoms with Crippen LogP contribution in [0, 0.1) is 13.8 Å². The Kier molecular flexibility index (Phi) is 6.48. The van der Waals surface area contributed by atoms with E-state index in [9.17, 15) is 13.5 Å². The number of aliphatic hydroxyl groups is 1. The van der Waals surface area contributed by atoms with Gasteiger partial charge in [-0.05, 0) is 56.7 Å². The van der Waals surface area contributed by atoms with Gasteiger partial charge in [-0.3, -0.25) is 0 Å². The molecule has 2 aromatic rings. The number of anilines is 1. The molecule has 0 bridgehead atoms. The maximum Gasteiger partial charge on any atom is 0.243 e. The first-order chi connectivity index (χ1) is 14.4. The summed E-state index contributed by atoms with van der Waals surface area (Å²) in [5.41, 5.74) is 2.52. The number of benzene rings is 1. The SMILES string of the molecule is Cc1ccc(-c2sc(NC3CCCCC3)nc2C)cc1S(=O)(=O)N1CCC[C@H]1CO. The van der Waals surface area contributed by atoms with Gasteiger partial charge in [0.05, 0.1) is 22.1 Å². The van der Waals surface area contributed by atoms with Crippen LogP contribution in [0.1, 0.15) is 56.2 Å². The van der Waals surface area contributed by atoms with E-state index in [2.05, 4.69) is 5.32 Å². The minimum atomic E-state index is -3.65. The predicted octanol–water partition coefficient (Wildman–Crippen LogP) is 4.32. The number of thiazole rings is 1. The molecule has 1 aromatic heterocycles. The lowest BCUT2D eigenvalue weighted by atomic mass is 9.96. The Morgan fingerprint density at radius 2 is 1.93 bits per heavy atom.